The Morgan fingerprint density at radius 1 is 1.21 bits per heavy atom. The van der Waals surface area contributed by atoms with Gasteiger partial charge in [0.2, 0.25) is 5.91 Å². The summed E-state index contributed by atoms with van der Waals surface area (Å²) in [5, 5.41) is 5.80. The van der Waals surface area contributed by atoms with Crippen molar-refractivity contribution < 1.29 is 22.7 Å². The van der Waals surface area contributed by atoms with E-state index >= 15 is 0 Å². The summed E-state index contributed by atoms with van der Waals surface area (Å²) in [6.07, 6.45) is 2.18. The quantitative estimate of drug-likeness (QED) is 0.412. The number of hydrogen-bond acceptors (Lipinski definition) is 6. The van der Waals surface area contributed by atoms with Gasteiger partial charge in [0.1, 0.15) is 30.6 Å². The van der Waals surface area contributed by atoms with Gasteiger partial charge in [-0.3, -0.25) is 9.78 Å². The normalized spacial score (nSPS) is 12.9. The second-order valence-corrected chi connectivity index (χ2v) is 8.58. The van der Waals surface area contributed by atoms with E-state index in [1.807, 2.05) is 30.4 Å². The van der Waals surface area contributed by atoms with E-state index in [2.05, 4.69) is 20.3 Å². The number of pyridine rings is 2. The fourth-order valence-electron chi connectivity index (χ4n) is 3.33. The number of nitrogens with one attached hydrogen (secondary N) is 3. The van der Waals surface area contributed by atoms with Gasteiger partial charge in [0.15, 0.2) is 0 Å². The number of aromatic nitrogens is 3. The SMILES string of the molecule is CC(C)[C@H](Nc1cncc(-c2c[nH]c3ncc(OCCN(C)C)cc23)c1)C(=O)NCC(F)(F)F. The first-order valence-electron chi connectivity index (χ1n) is 10.8. The Labute approximate surface area is 195 Å². The standard InChI is InChI=1S/C23H29F3N6O2/c1-14(2)20(22(33)30-13-23(24,25)26)31-16-7-15(9-27-10-16)19-12-29-21-18(19)8-17(11-28-21)34-6-5-32(3)4/h7-12,14,20,31H,5-6,13H2,1-4H3,(H,28,29)(H,30,33)/t20-/m0/s1. The summed E-state index contributed by atoms with van der Waals surface area (Å²) in [6, 6.07) is 2.83. The number of anilines is 1. The minimum atomic E-state index is -4.48. The van der Waals surface area contributed by atoms with Crippen LogP contribution in [0.15, 0.2) is 36.9 Å². The number of halogens is 3. The third-order valence-corrected chi connectivity index (χ3v) is 5.10. The molecule has 1 amide bonds. The van der Waals surface area contributed by atoms with Crippen LogP contribution < -0.4 is 15.4 Å². The third-order valence-electron chi connectivity index (χ3n) is 5.10. The number of rotatable bonds is 10. The van der Waals surface area contributed by atoms with Crippen LogP contribution in [-0.4, -0.2) is 71.8 Å². The minimum Gasteiger partial charge on any atom is -0.491 e. The lowest BCUT2D eigenvalue weighted by Gasteiger charge is -2.23. The van der Waals surface area contributed by atoms with Crippen molar-refractivity contribution in [2.24, 2.45) is 5.92 Å². The molecule has 0 aliphatic carbocycles. The summed E-state index contributed by atoms with van der Waals surface area (Å²) < 4.78 is 43.3. The monoisotopic (exact) mass is 478 g/mol. The number of aromatic amines is 1. The molecule has 3 heterocycles. The first-order valence-corrected chi connectivity index (χ1v) is 10.8. The smallest absolute Gasteiger partial charge is 0.405 e. The molecule has 0 saturated carbocycles. The predicted octanol–water partition coefficient (Wildman–Crippen LogP) is 3.68. The number of H-pyrrole nitrogens is 1. The van der Waals surface area contributed by atoms with Crippen LogP contribution in [0.2, 0.25) is 0 Å². The van der Waals surface area contributed by atoms with E-state index in [1.165, 1.54) is 6.20 Å². The summed E-state index contributed by atoms with van der Waals surface area (Å²) in [7, 11) is 3.93. The van der Waals surface area contributed by atoms with Crippen LogP contribution in [0.4, 0.5) is 18.9 Å². The van der Waals surface area contributed by atoms with E-state index in [-0.39, 0.29) is 5.92 Å². The molecule has 0 unspecified atom stereocenters. The zero-order chi connectivity index (χ0) is 24.9. The van der Waals surface area contributed by atoms with Crippen molar-refractivity contribution >= 4 is 22.6 Å². The number of likely N-dealkylation sites (N-methyl/N-ethyl adjacent to an activating group) is 1. The van der Waals surface area contributed by atoms with Crippen molar-refractivity contribution in [1.82, 2.24) is 25.2 Å². The number of hydrogen-bond donors (Lipinski definition) is 3. The molecule has 0 spiro atoms. The molecule has 0 radical (unpaired) electrons. The second kappa shape index (κ2) is 10.7. The molecular weight excluding hydrogens is 449 g/mol. The van der Waals surface area contributed by atoms with Crippen molar-refractivity contribution in [2.75, 3.05) is 39.1 Å². The summed E-state index contributed by atoms with van der Waals surface area (Å²) in [5.41, 5.74) is 2.78. The van der Waals surface area contributed by atoms with Gasteiger partial charge in [-0.15, -0.1) is 0 Å². The molecule has 0 bridgehead atoms. The average molecular weight is 479 g/mol. The third kappa shape index (κ3) is 6.83. The van der Waals surface area contributed by atoms with Crippen LogP contribution in [0.5, 0.6) is 5.75 Å². The molecule has 1 atom stereocenters. The predicted molar refractivity (Wildman–Crippen MR) is 125 cm³/mol. The zero-order valence-corrected chi connectivity index (χ0v) is 19.5. The van der Waals surface area contributed by atoms with Gasteiger partial charge in [0, 0.05) is 41.6 Å². The molecule has 0 aliphatic rings. The molecule has 0 saturated heterocycles. The molecule has 3 rings (SSSR count). The second-order valence-electron chi connectivity index (χ2n) is 8.58. The fraction of sp³-hybridized carbons (Fsp3) is 0.435. The Morgan fingerprint density at radius 3 is 2.65 bits per heavy atom. The van der Waals surface area contributed by atoms with Gasteiger partial charge in [-0.1, -0.05) is 13.8 Å². The molecule has 8 nitrogen and oxygen atoms in total. The lowest BCUT2D eigenvalue weighted by atomic mass is 10.0. The molecule has 3 N–H and O–H groups in total. The van der Waals surface area contributed by atoms with Crippen LogP contribution in [0, 0.1) is 5.92 Å². The van der Waals surface area contributed by atoms with E-state index in [1.54, 1.807) is 38.5 Å². The van der Waals surface area contributed by atoms with Crippen molar-refractivity contribution in [2.45, 2.75) is 26.1 Å². The van der Waals surface area contributed by atoms with Crippen LogP contribution in [0.3, 0.4) is 0 Å². The van der Waals surface area contributed by atoms with Gasteiger partial charge in [-0.25, -0.2) is 4.98 Å². The van der Waals surface area contributed by atoms with Gasteiger partial charge >= 0.3 is 6.18 Å². The van der Waals surface area contributed by atoms with Gasteiger partial charge in [-0.2, -0.15) is 13.2 Å². The van der Waals surface area contributed by atoms with Crippen LogP contribution >= 0.6 is 0 Å². The Hall–Kier alpha value is -3.34. The van der Waals surface area contributed by atoms with Gasteiger partial charge < -0.3 is 25.3 Å². The van der Waals surface area contributed by atoms with E-state index < -0.39 is 24.7 Å². The van der Waals surface area contributed by atoms with Gasteiger partial charge in [0.25, 0.3) is 0 Å². The zero-order valence-electron chi connectivity index (χ0n) is 19.5. The number of carbonyl (C=O) groups excluding carboxylic acids is 1. The number of alkyl halides is 3. The van der Waals surface area contributed by atoms with Crippen molar-refractivity contribution in [3.8, 4) is 16.9 Å². The summed E-state index contributed by atoms with van der Waals surface area (Å²) >= 11 is 0. The van der Waals surface area contributed by atoms with Gasteiger partial charge in [0.05, 0.1) is 11.9 Å². The van der Waals surface area contributed by atoms with E-state index in [0.717, 1.165) is 23.1 Å². The van der Waals surface area contributed by atoms with E-state index in [0.29, 0.717) is 23.7 Å². The summed E-state index contributed by atoms with van der Waals surface area (Å²) in [6.45, 7) is 3.42. The average Bonchev–Trinajstić information content (AvgIpc) is 3.18. The lowest BCUT2D eigenvalue weighted by molar-refractivity contribution is -0.139. The van der Waals surface area contributed by atoms with Crippen molar-refractivity contribution in [1.29, 1.82) is 0 Å². The van der Waals surface area contributed by atoms with Crippen LogP contribution in [-0.2, 0) is 4.79 Å². The molecular formula is C23H29F3N6O2. The first-order chi connectivity index (χ1) is 16.0. The molecule has 3 aromatic heterocycles. The Kier molecular flexibility index (Phi) is 7.98. The number of nitrogens with zero attached hydrogens (tertiary/aromatic N) is 3. The maximum Gasteiger partial charge on any atom is 0.405 e. The molecule has 0 fully saturated rings. The van der Waals surface area contributed by atoms with E-state index in [4.69, 9.17) is 4.74 Å². The highest BCUT2D eigenvalue weighted by Gasteiger charge is 2.30. The minimum absolute atomic E-state index is 0.254. The summed E-state index contributed by atoms with van der Waals surface area (Å²) in [5.74, 6) is -0.344. The first kappa shape index (κ1) is 25.3. The van der Waals surface area contributed by atoms with Crippen molar-refractivity contribution in [3.63, 3.8) is 0 Å². The molecule has 0 aromatic carbocycles. The number of carbonyl (C=O) groups is 1. The number of amides is 1. The molecule has 3 aromatic rings. The van der Waals surface area contributed by atoms with Crippen molar-refractivity contribution in [3.05, 3.63) is 36.9 Å². The van der Waals surface area contributed by atoms with Crippen LogP contribution in [0.1, 0.15) is 13.8 Å². The molecule has 34 heavy (non-hydrogen) atoms. The van der Waals surface area contributed by atoms with E-state index in [9.17, 15) is 18.0 Å². The molecule has 11 heteroatoms. The molecule has 0 aliphatic heterocycles. The Bertz CT molecular complexity index is 1110. The molecule has 184 valence electrons. The van der Waals surface area contributed by atoms with Crippen LogP contribution in [0.25, 0.3) is 22.2 Å². The maximum atomic E-state index is 12.5. The van der Waals surface area contributed by atoms with Gasteiger partial charge in [-0.05, 0) is 32.1 Å². The highest BCUT2D eigenvalue weighted by atomic mass is 19.4. The highest BCUT2D eigenvalue weighted by molar-refractivity contribution is 5.94. The Balaban J connectivity index is 1.80. The summed E-state index contributed by atoms with van der Waals surface area (Å²) in [4.78, 5) is 26.2. The number of ether oxygens (including phenoxy) is 1. The largest absolute Gasteiger partial charge is 0.491 e. The maximum absolute atomic E-state index is 12.5. The highest BCUT2D eigenvalue weighted by Crippen LogP contribution is 2.31. The lowest BCUT2D eigenvalue weighted by Crippen LogP contribution is -2.46. The fourth-order valence-corrected chi connectivity index (χ4v) is 3.33. The Morgan fingerprint density at radius 2 is 1.97 bits per heavy atom. The number of fused-ring (bicyclic) bond motifs is 1. The topological polar surface area (TPSA) is 95.2 Å².